The minimum Gasteiger partial charge on any atom is -0.508 e. The van der Waals surface area contributed by atoms with Crippen LogP contribution in [0.2, 0.25) is 0 Å². The summed E-state index contributed by atoms with van der Waals surface area (Å²) in [6, 6.07) is 1.45. The van der Waals surface area contributed by atoms with Gasteiger partial charge in [-0.15, -0.1) is 0 Å². The van der Waals surface area contributed by atoms with E-state index in [0.717, 1.165) is 6.07 Å². The molecule has 1 atom stereocenters. The number of aliphatic carboxylic acids is 1. The summed E-state index contributed by atoms with van der Waals surface area (Å²) < 4.78 is 25.4. The Labute approximate surface area is 85.0 Å². The van der Waals surface area contributed by atoms with E-state index in [2.05, 4.69) is 0 Å². The highest BCUT2D eigenvalue weighted by Gasteiger charge is 2.16. The molecule has 0 saturated heterocycles. The maximum atomic E-state index is 12.8. The molecule has 5 heteroatoms. The Balaban J connectivity index is 2.95. The Kier molecular flexibility index (Phi) is 3.24. The molecule has 0 aromatic heterocycles. The Hall–Kier alpha value is -1.65. The maximum absolute atomic E-state index is 12.8. The average molecular weight is 216 g/mol. The van der Waals surface area contributed by atoms with Crippen molar-refractivity contribution in [1.29, 1.82) is 0 Å². The molecule has 15 heavy (non-hydrogen) atoms. The van der Waals surface area contributed by atoms with Crippen LogP contribution in [0.15, 0.2) is 12.1 Å². The molecule has 0 aliphatic heterocycles. The average Bonchev–Trinajstić information content (AvgIpc) is 2.13. The number of rotatable bonds is 3. The molecule has 1 aromatic carbocycles. The second kappa shape index (κ2) is 4.25. The van der Waals surface area contributed by atoms with Crippen molar-refractivity contribution in [2.75, 3.05) is 0 Å². The molecule has 1 rings (SSSR count). The zero-order valence-electron chi connectivity index (χ0n) is 8.00. The van der Waals surface area contributed by atoms with Gasteiger partial charge < -0.3 is 10.2 Å². The summed E-state index contributed by atoms with van der Waals surface area (Å²) in [4.78, 5) is 10.5. The topological polar surface area (TPSA) is 57.5 Å². The van der Waals surface area contributed by atoms with Gasteiger partial charge in [0.1, 0.15) is 5.75 Å². The lowest BCUT2D eigenvalue weighted by Gasteiger charge is -2.08. The van der Waals surface area contributed by atoms with Crippen molar-refractivity contribution < 1.29 is 23.8 Å². The van der Waals surface area contributed by atoms with E-state index in [1.807, 2.05) is 0 Å². The molecular weight excluding hydrogens is 206 g/mol. The van der Waals surface area contributed by atoms with E-state index in [0.29, 0.717) is 6.07 Å². The van der Waals surface area contributed by atoms with Crippen LogP contribution >= 0.6 is 0 Å². The SMILES string of the molecule is CC(Cc1cc(F)c(F)cc1O)C(=O)O. The minimum absolute atomic E-state index is 0.0433. The van der Waals surface area contributed by atoms with Gasteiger partial charge in [0, 0.05) is 6.07 Å². The number of carboxylic acids is 1. The Morgan fingerprint density at radius 3 is 2.47 bits per heavy atom. The van der Waals surface area contributed by atoms with Gasteiger partial charge in [0.25, 0.3) is 0 Å². The fraction of sp³-hybridized carbons (Fsp3) is 0.300. The molecule has 1 unspecified atom stereocenters. The molecule has 3 nitrogen and oxygen atoms in total. The lowest BCUT2D eigenvalue weighted by atomic mass is 10.0. The van der Waals surface area contributed by atoms with Crippen molar-refractivity contribution in [3.8, 4) is 5.75 Å². The number of benzene rings is 1. The summed E-state index contributed by atoms with van der Waals surface area (Å²) in [6.45, 7) is 1.42. The van der Waals surface area contributed by atoms with Crippen molar-refractivity contribution in [1.82, 2.24) is 0 Å². The zero-order valence-corrected chi connectivity index (χ0v) is 8.00. The number of hydrogen-bond donors (Lipinski definition) is 2. The van der Waals surface area contributed by atoms with Gasteiger partial charge in [0.05, 0.1) is 5.92 Å². The van der Waals surface area contributed by atoms with Crippen LogP contribution in [-0.4, -0.2) is 16.2 Å². The number of halogens is 2. The number of carboxylic acid groups (broad SMARTS) is 1. The normalized spacial score (nSPS) is 12.5. The number of phenolic OH excluding ortho intramolecular Hbond substituents is 1. The molecule has 0 heterocycles. The molecular formula is C10H10F2O3. The van der Waals surface area contributed by atoms with Crippen molar-refractivity contribution >= 4 is 5.97 Å². The van der Waals surface area contributed by atoms with Crippen LogP contribution in [-0.2, 0) is 11.2 Å². The molecule has 0 radical (unpaired) electrons. The summed E-state index contributed by atoms with van der Waals surface area (Å²) in [5, 5.41) is 17.9. The van der Waals surface area contributed by atoms with Gasteiger partial charge in [-0.1, -0.05) is 6.92 Å². The second-order valence-corrected chi connectivity index (χ2v) is 3.34. The van der Waals surface area contributed by atoms with E-state index < -0.39 is 29.3 Å². The van der Waals surface area contributed by atoms with Crippen LogP contribution < -0.4 is 0 Å². The quantitative estimate of drug-likeness (QED) is 0.811. The monoisotopic (exact) mass is 216 g/mol. The highest BCUT2D eigenvalue weighted by Crippen LogP contribution is 2.23. The molecule has 0 fully saturated rings. The van der Waals surface area contributed by atoms with E-state index in [1.54, 1.807) is 0 Å². The number of phenols is 1. The summed E-state index contributed by atoms with van der Waals surface area (Å²) in [7, 11) is 0. The second-order valence-electron chi connectivity index (χ2n) is 3.34. The lowest BCUT2D eigenvalue weighted by molar-refractivity contribution is -0.141. The largest absolute Gasteiger partial charge is 0.508 e. The first-order valence-electron chi connectivity index (χ1n) is 4.31. The standard InChI is InChI=1S/C10H10F2O3/c1-5(10(14)15)2-6-3-7(11)8(12)4-9(6)13/h3-5,13H,2H2,1H3,(H,14,15). The highest BCUT2D eigenvalue weighted by molar-refractivity contribution is 5.70. The number of hydrogen-bond acceptors (Lipinski definition) is 2. The van der Waals surface area contributed by atoms with Crippen molar-refractivity contribution in [2.45, 2.75) is 13.3 Å². The van der Waals surface area contributed by atoms with Gasteiger partial charge in [-0.3, -0.25) is 4.79 Å². The predicted octanol–water partition coefficient (Wildman–Crippen LogP) is 1.93. The Bertz CT molecular complexity index is 390. The Morgan fingerprint density at radius 1 is 1.40 bits per heavy atom. The number of carbonyl (C=O) groups is 1. The van der Waals surface area contributed by atoms with Crippen molar-refractivity contribution in [3.63, 3.8) is 0 Å². The fourth-order valence-corrected chi connectivity index (χ4v) is 1.16. The van der Waals surface area contributed by atoms with Gasteiger partial charge in [-0.05, 0) is 18.1 Å². The zero-order chi connectivity index (χ0) is 11.6. The first-order chi connectivity index (χ1) is 6.91. The summed E-state index contributed by atoms with van der Waals surface area (Å²) in [5.74, 6) is -4.50. The fourth-order valence-electron chi connectivity index (χ4n) is 1.16. The lowest BCUT2D eigenvalue weighted by Crippen LogP contribution is -2.12. The maximum Gasteiger partial charge on any atom is 0.306 e. The molecule has 82 valence electrons. The van der Waals surface area contributed by atoms with Crippen molar-refractivity contribution in [2.24, 2.45) is 5.92 Å². The molecule has 0 amide bonds. The van der Waals surface area contributed by atoms with Gasteiger partial charge in [-0.2, -0.15) is 0 Å². The summed E-state index contributed by atoms with van der Waals surface area (Å²) >= 11 is 0. The third kappa shape index (κ3) is 2.65. The van der Waals surface area contributed by atoms with Crippen LogP contribution in [0.5, 0.6) is 5.75 Å². The third-order valence-corrected chi connectivity index (χ3v) is 2.07. The molecule has 0 aliphatic rings. The third-order valence-electron chi connectivity index (χ3n) is 2.07. The van der Waals surface area contributed by atoms with E-state index in [9.17, 15) is 18.7 Å². The van der Waals surface area contributed by atoms with E-state index in [-0.39, 0.29) is 12.0 Å². The summed E-state index contributed by atoms with van der Waals surface area (Å²) in [5.41, 5.74) is 0.0869. The first kappa shape index (κ1) is 11.4. The summed E-state index contributed by atoms with van der Waals surface area (Å²) in [6.07, 6.45) is -0.0433. The van der Waals surface area contributed by atoms with E-state index in [4.69, 9.17) is 5.11 Å². The predicted molar refractivity (Wildman–Crippen MR) is 48.5 cm³/mol. The van der Waals surface area contributed by atoms with Crippen LogP contribution in [0, 0.1) is 17.6 Å². The number of aromatic hydroxyl groups is 1. The van der Waals surface area contributed by atoms with Crippen LogP contribution in [0.4, 0.5) is 8.78 Å². The molecule has 0 saturated carbocycles. The van der Waals surface area contributed by atoms with Crippen LogP contribution in [0.25, 0.3) is 0 Å². The van der Waals surface area contributed by atoms with Crippen LogP contribution in [0.3, 0.4) is 0 Å². The van der Waals surface area contributed by atoms with E-state index >= 15 is 0 Å². The highest BCUT2D eigenvalue weighted by atomic mass is 19.2. The molecule has 0 spiro atoms. The van der Waals surface area contributed by atoms with Crippen molar-refractivity contribution in [3.05, 3.63) is 29.3 Å². The van der Waals surface area contributed by atoms with Gasteiger partial charge in [0.2, 0.25) is 0 Å². The van der Waals surface area contributed by atoms with Crippen LogP contribution in [0.1, 0.15) is 12.5 Å². The smallest absolute Gasteiger partial charge is 0.306 e. The molecule has 0 bridgehead atoms. The van der Waals surface area contributed by atoms with Gasteiger partial charge >= 0.3 is 5.97 Å². The Morgan fingerprint density at radius 2 is 1.93 bits per heavy atom. The van der Waals surface area contributed by atoms with Gasteiger partial charge in [0.15, 0.2) is 11.6 Å². The molecule has 2 N–H and O–H groups in total. The van der Waals surface area contributed by atoms with E-state index in [1.165, 1.54) is 6.92 Å². The molecule has 1 aromatic rings. The first-order valence-corrected chi connectivity index (χ1v) is 4.31. The van der Waals surface area contributed by atoms with Gasteiger partial charge in [-0.25, -0.2) is 8.78 Å². The minimum atomic E-state index is -1.15. The molecule has 0 aliphatic carbocycles.